The van der Waals surface area contributed by atoms with Gasteiger partial charge in [0, 0.05) is 80.7 Å². The topological polar surface area (TPSA) is 111 Å². The van der Waals surface area contributed by atoms with E-state index >= 15 is 0 Å². The Morgan fingerprint density at radius 1 is 0.881 bits per heavy atom. The van der Waals surface area contributed by atoms with Crippen LogP contribution in [0.1, 0.15) is 76.1 Å². The first-order chi connectivity index (χ1) is 20.6. The van der Waals surface area contributed by atoms with Crippen LogP contribution in [0.3, 0.4) is 0 Å². The SMILES string of the molecule is CCCOCCNC(=O)NCCSc1cc2nc(c1)CN[C@@H]1CCCC[C@H]1NCCN[C@@H]1CCCC[C@H]1NC2.[Cl][Mn][Cl]. The number of nitrogens with zero attached hydrogens (tertiary/aromatic N) is 1. The molecule has 0 aromatic carbocycles. The van der Waals surface area contributed by atoms with Crippen LogP contribution in [0.5, 0.6) is 0 Å². The maximum absolute atomic E-state index is 12.0. The summed E-state index contributed by atoms with van der Waals surface area (Å²) in [7, 11) is 9.59. The molecule has 4 atom stereocenters. The summed E-state index contributed by atoms with van der Waals surface area (Å²) in [5.41, 5.74) is 2.21. The van der Waals surface area contributed by atoms with Crippen molar-refractivity contribution in [1.29, 1.82) is 0 Å². The van der Waals surface area contributed by atoms with Crippen molar-refractivity contribution in [1.82, 2.24) is 36.9 Å². The van der Waals surface area contributed by atoms with Crippen LogP contribution in [0.4, 0.5) is 4.79 Å². The quantitative estimate of drug-likeness (QED) is 0.130. The molecule has 2 bridgehead atoms. The van der Waals surface area contributed by atoms with E-state index in [4.69, 9.17) is 29.9 Å². The van der Waals surface area contributed by atoms with Crippen molar-refractivity contribution >= 4 is 38.0 Å². The molecule has 13 heteroatoms. The van der Waals surface area contributed by atoms with E-state index in [0.29, 0.717) is 43.9 Å². The second kappa shape index (κ2) is 22.2. The van der Waals surface area contributed by atoms with Crippen LogP contribution in [0.15, 0.2) is 17.0 Å². The molecule has 1 aliphatic heterocycles. The molecule has 0 unspecified atom stereocenters. The number of amides is 2. The molecule has 6 N–H and O–H groups in total. The van der Waals surface area contributed by atoms with Gasteiger partial charge < -0.3 is 36.6 Å². The second-order valence-corrected chi connectivity index (χ2v) is 14.3. The molecule has 2 heterocycles. The number of hydrogen-bond donors (Lipinski definition) is 6. The zero-order valence-corrected chi connectivity index (χ0v) is 28.5. The third-order valence-electron chi connectivity index (χ3n) is 8.00. The molecule has 2 fully saturated rings. The number of hydrogen-bond acceptors (Lipinski definition) is 8. The van der Waals surface area contributed by atoms with E-state index in [1.807, 2.05) is 0 Å². The molecule has 241 valence electrons. The van der Waals surface area contributed by atoms with Gasteiger partial charge in [0.25, 0.3) is 0 Å². The summed E-state index contributed by atoms with van der Waals surface area (Å²) in [6, 6.07) is 6.34. The number of carbonyl (C=O) groups is 1. The second-order valence-electron chi connectivity index (χ2n) is 11.1. The van der Waals surface area contributed by atoms with Gasteiger partial charge in [-0.05, 0) is 44.2 Å². The molecular formula is C29H51Cl2MnN7O2S. The van der Waals surface area contributed by atoms with E-state index in [1.54, 1.807) is 11.8 Å². The van der Waals surface area contributed by atoms with Gasteiger partial charge in [0.15, 0.2) is 0 Å². The number of carbonyl (C=O) groups excluding carboxylic acids is 1. The van der Waals surface area contributed by atoms with Crippen molar-refractivity contribution in [2.45, 2.75) is 107 Å². The number of nitrogens with one attached hydrogen (secondary N) is 6. The fourth-order valence-corrected chi connectivity index (χ4v) is 6.87. The summed E-state index contributed by atoms with van der Waals surface area (Å²) >= 11 is 1.79. The molecule has 0 saturated heterocycles. The van der Waals surface area contributed by atoms with Crippen molar-refractivity contribution in [3.05, 3.63) is 23.5 Å². The minimum absolute atomic E-state index is 0.00694. The van der Waals surface area contributed by atoms with E-state index in [0.717, 1.165) is 56.3 Å². The van der Waals surface area contributed by atoms with Crippen LogP contribution in [-0.2, 0) is 31.0 Å². The van der Waals surface area contributed by atoms with Gasteiger partial charge in [0.2, 0.25) is 0 Å². The predicted octanol–water partition coefficient (Wildman–Crippen LogP) is 4.27. The van der Waals surface area contributed by atoms with Crippen molar-refractivity contribution in [2.24, 2.45) is 0 Å². The van der Waals surface area contributed by atoms with Gasteiger partial charge in [0.05, 0.1) is 18.0 Å². The Morgan fingerprint density at radius 3 is 1.90 bits per heavy atom. The maximum atomic E-state index is 12.0. The first kappa shape index (κ1) is 36.1. The van der Waals surface area contributed by atoms with E-state index in [-0.39, 0.29) is 19.2 Å². The Morgan fingerprint density at radius 2 is 1.38 bits per heavy atom. The molecule has 4 rings (SSSR count). The zero-order chi connectivity index (χ0) is 29.8. The van der Waals surface area contributed by atoms with Gasteiger partial charge >= 0.3 is 39.4 Å². The average Bonchev–Trinajstić information content (AvgIpc) is 3.00. The monoisotopic (exact) mass is 686 g/mol. The molecular weight excluding hydrogens is 636 g/mol. The number of thioether (sulfide) groups is 1. The number of pyridine rings is 1. The third kappa shape index (κ3) is 14.2. The summed E-state index contributed by atoms with van der Waals surface area (Å²) in [6.07, 6.45) is 11.1. The van der Waals surface area contributed by atoms with Crippen LogP contribution >= 0.6 is 32.0 Å². The standard InChI is InChI=1S/C29H51N7O2S.2ClH.Mn/c1-2-15-38-16-13-32-29(37)33-14-17-39-24-18-22-20-34-27-9-5-3-7-25(27)30-11-12-31-26-8-4-6-10-28(26)35-21-23(19-24)36-22;;;/h18-19,25-28,30-31,34-35H,2-17,20-21H2,1H3,(H2,32,33,37);2*1H;/q;;;+2/p-2/t25-,26-,27-,28-;;;/m1.../s1. The van der Waals surface area contributed by atoms with Gasteiger partial charge in [-0.1, -0.05) is 32.6 Å². The van der Waals surface area contributed by atoms with E-state index in [1.165, 1.54) is 56.3 Å². The molecule has 1 aromatic heterocycles. The van der Waals surface area contributed by atoms with E-state index < -0.39 is 0 Å². The molecule has 3 aliphatic rings. The number of fused-ring (bicyclic) bond motifs is 4. The predicted molar refractivity (Wildman–Crippen MR) is 171 cm³/mol. The summed E-state index contributed by atoms with van der Waals surface area (Å²) in [4.78, 5) is 18.3. The normalized spacial score (nSPS) is 24.9. The molecule has 0 radical (unpaired) electrons. The Kier molecular flexibility index (Phi) is 19.1. The Hall–Kier alpha value is -0.331. The molecule has 1 aromatic rings. The van der Waals surface area contributed by atoms with Crippen LogP contribution in [0, 0.1) is 0 Å². The van der Waals surface area contributed by atoms with Gasteiger partial charge in [-0.25, -0.2) is 4.79 Å². The summed E-state index contributed by atoms with van der Waals surface area (Å²) in [5, 5.41) is 21.2. The fourth-order valence-electron chi connectivity index (χ4n) is 5.99. The summed E-state index contributed by atoms with van der Waals surface area (Å²) < 4.78 is 5.41. The van der Waals surface area contributed by atoms with E-state index in [9.17, 15) is 4.79 Å². The van der Waals surface area contributed by atoms with Crippen LogP contribution in [0.2, 0.25) is 0 Å². The van der Waals surface area contributed by atoms with Crippen LogP contribution in [0.25, 0.3) is 0 Å². The molecule has 42 heavy (non-hydrogen) atoms. The molecule has 2 amide bonds. The molecule has 0 spiro atoms. The van der Waals surface area contributed by atoms with Gasteiger partial charge in [-0.15, -0.1) is 11.8 Å². The fraction of sp³-hybridized carbons (Fsp3) is 0.793. The zero-order valence-electron chi connectivity index (χ0n) is 25.0. The van der Waals surface area contributed by atoms with Gasteiger partial charge in [0.1, 0.15) is 0 Å². The van der Waals surface area contributed by atoms with Gasteiger partial charge in [-0.3, -0.25) is 4.98 Å². The first-order valence-corrected chi connectivity index (χ1v) is 19.9. The average molecular weight is 688 g/mol. The summed E-state index contributed by atoms with van der Waals surface area (Å²) in [5.74, 6) is 0.812. The van der Waals surface area contributed by atoms with Crippen LogP contribution < -0.4 is 31.9 Å². The van der Waals surface area contributed by atoms with Crippen molar-refractivity contribution in [3.8, 4) is 0 Å². The number of rotatable bonds is 9. The van der Waals surface area contributed by atoms with E-state index in [2.05, 4.69) is 51.0 Å². The van der Waals surface area contributed by atoms with Crippen molar-refractivity contribution in [3.63, 3.8) is 0 Å². The number of urea groups is 1. The number of halogens is 2. The van der Waals surface area contributed by atoms with Crippen molar-refractivity contribution in [2.75, 3.05) is 45.1 Å². The number of aromatic nitrogens is 1. The van der Waals surface area contributed by atoms with Gasteiger partial charge in [-0.2, -0.15) is 0 Å². The summed E-state index contributed by atoms with van der Waals surface area (Å²) in [6.45, 7) is 8.13. The number of ether oxygens (including phenoxy) is 1. The van der Waals surface area contributed by atoms with Crippen LogP contribution in [-0.4, -0.2) is 80.3 Å². The Bertz CT molecular complexity index is 846. The molecule has 2 saturated carbocycles. The Balaban J connectivity index is 0.00000155. The Labute approximate surface area is 271 Å². The minimum atomic E-state index is -0.135. The first-order valence-electron chi connectivity index (χ1n) is 15.7. The molecule has 2 aliphatic carbocycles. The molecule has 9 nitrogen and oxygen atoms in total. The van der Waals surface area contributed by atoms with Crippen molar-refractivity contribution < 1.29 is 22.7 Å². The third-order valence-corrected chi connectivity index (χ3v) is 8.98.